The first kappa shape index (κ1) is 31.5. The van der Waals surface area contributed by atoms with E-state index in [2.05, 4.69) is 117 Å². The molecule has 0 radical (unpaired) electrons. The van der Waals surface area contributed by atoms with E-state index < -0.39 is 0 Å². The van der Waals surface area contributed by atoms with Gasteiger partial charge in [-0.15, -0.1) is 0 Å². The number of hydrogen-bond acceptors (Lipinski definition) is 8. The summed E-state index contributed by atoms with van der Waals surface area (Å²) in [5.74, 6) is 0. The lowest BCUT2D eigenvalue weighted by atomic mass is 10.1. The van der Waals surface area contributed by atoms with Crippen molar-refractivity contribution in [3.63, 3.8) is 0 Å². The van der Waals surface area contributed by atoms with E-state index in [4.69, 9.17) is 0 Å². The molecule has 12 nitrogen and oxygen atoms in total. The van der Waals surface area contributed by atoms with Crippen LogP contribution in [0.15, 0.2) is 48.5 Å². The van der Waals surface area contributed by atoms with E-state index in [0.29, 0.717) is 6.67 Å². The first-order valence-electron chi connectivity index (χ1n) is 15.6. The standard InChI is InChI=1S/C17H18N6.2C9H11N3/c1-10-5-6-11(2)15-14(10)18-22(19-15)9-23-20-16-12(3)7-8-13(4)17(16)21-23;2*1-6-4-5-7(2)9-8(6)10-12(3)11-9/h5-8H,9H2,1-4H3;2*4-5H,1-3H3. The van der Waals surface area contributed by atoms with E-state index in [-0.39, 0.29) is 0 Å². The maximum atomic E-state index is 4.59. The average Bonchev–Trinajstić information content (AvgIpc) is 3.83. The molecule has 0 aliphatic heterocycles. The summed E-state index contributed by atoms with van der Waals surface area (Å²) >= 11 is 0. The fourth-order valence-electron chi connectivity index (χ4n) is 5.51. The summed E-state index contributed by atoms with van der Waals surface area (Å²) in [4.78, 5) is 6.55. The van der Waals surface area contributed by atoms with Gasteiger partial charge in [0.1, 0.15) is 44.1 Å². The van der Waals surface area contributed by atoms with Crippen molar-refractivity contribution in [2.45, 2.75) is 62.1 Å². The molecule has 0 aliphatic rings. The Labute approximate surface area is 273 Å². The minimum atomic E-state index is 0.404. The number of rotatable bonds is 2. The predicted octanol–water partition coefficient (Wildman–Crippen LogP) is 6.09. The fraction of sp³-hybridized carbons (Fsp3) is 0.314. The van der Waals surface area contributed by atoms with Gasteiger partial charge in [-0.1, -0.05) is 48.5 Å². The molecular formula is C35H40N12. The maximum Gasteiger partial charge on any atom is 0.172 e. The molecular weight excluding hydrogens is 588 g/mol. The van der Waals surface area contributed by atoms with Crippen molar-refractivity contribution in [2.24, 2.45) is 14.1 Å². The van der Waals surface area contributed by atoms with Gasteiger partial charge in [0, 0.05) is 14.1 Å². The maximum absolute atomic E-state index is 4.59. The van der Waals surface area contributed by atoms with Crippen LogP contribution in [0, 0.1) is 55.4 Å². The second kappa shape index (κ2) is 12.3. The predicted molar refractivity (Wildman–Crippen MR) is 185 cm³/mol. The molecule has 0 bridgehead atoms. The first-order chi connectivity index (χ1) is 22.4. The Kier molecular flexibility index (Phi) is 8.27. The van der Waals surface area contributed by atoms with Gasteiger partial charge >= 0.3 is 0 Å². The number of fused-ring (bicyclic) bond motifs is 4. The normalized spacial score (nSPS) is 11.3. The molecule has 47 heavy (non-hydrogen) atoms. The van der Waals surface area contributed by atoms with Gasteiger partial charge in [0.2, 0.25) is 0 Å². The quantitative estimate of drug-likeness (QED) is 0.226. The highest BCUT2D eigenvalue weighted by atomic mass is 15.6. The molecule has 0 unspecified atom stereocenters. The summed E-state index contributed by atoms with van der Waals surface area (Å²) in [6.07, 6.45) is 0. The SMILES string of the molecule is Cc1ccc(C)c2nn(C)nc12.Cc1ccc(C)c2nn(C)nc12.Cc1ccc(C)c2nn(Cn3nc4c(C)ccc(C)c4n3)nc12. The van der Waals surface area contributed by atoms with Crippen molar-refractivity contribution in [3.05, 3.63) is 93.0 Å². The van der Waals surface area contributed by atoms with Gasteiger partial charge in [-0.2, -0.15) is 60.0 Å². The molecule has 8 aromatic rings. The van der Waals surface area contributed by atoms with Crippen LogP contribution in [0.4, 0.5) is 0 Å². The summed E-state index contributed by atoms with van der Waals surface area (Å²) in [7, 11) is 3.69. The first-order valence-corrected chi connectivity index (χ1v) is 15.6. The Morgan fingerprint density at radius 1 is 0.319 bits per heavy atom. The molecule has 8 rings (SSSR count). The molecule has 0 saturated heterocycles. The summed E-state index contributed by atoms with van der Waals surface area (Å²) in [5.41, 5.74) is 17.0. The monoisotopic (exact) mass is 628 g/mol. The van der Waals surface area contributed by atoms with Crippen molar-refractivity contribution in [3.8, 4) is 0 Å². The molecule has 4 aromatic heterocycles. The highest BCUT2D eigenvalue weighted by Crippen LogP contribution is 2.21. The molecule has 0 spiro atoms. The Bertz CT molecular complexity index is 2080. The van der Waals surface area contributed by atoms with E-state index in [9.17, 15) is 0 Å². The zero-order valence-corrected chi connectivity index (χ0v) is 28.7. The third kappa shape index (κ3) is 6.18. The summed E-state index contributed by atoms with van der Waals surface area (Å²) in [5, 5.41) is 35.5. The van der Waals surface area contributed by atoms with Crippen LogP contribution in [0.25, 0.3) is 44.1 Å². The number of hydrogen-bond donors (Lipinski definition) is 0. The van der Waals surface area contributed by atoms with Crippen LogP contribution in [-0.2, 0) is 20.8 Å². The lowest BCUT2D eigenvalue weighted by Gasteiger charge is -1.97. The Balaban J connectivity index is 0.000000136. The lowest BCUT2D eigenvalue weighted by Crippen LogP contribution is -2.13. The van der Waals surface area contributed by atoms with Gasteiger partial charge in [-0.3, -0.25) is 0 Å². The Hall–Kier alpha value is -5.52. The van der Waals surface area contributed by atoms with E-state index in [0.717, 1.165) is 66.4 Å². The second-order valence-corrected chi connectivity index (χ2v) is 12.3. The van der Waals surface area contributed by atoms with Gasteiger partial charge in [0.25, 0.3) is 0 Å². The highest BCUT2D eigenvalue weighted by molar-refractivity contribution is 5.82. The minimum Gasteiger partial charge on any atom is -0.187 e. The van der Waals surface area contributed by atoms with Crippen LogP contribution < -0.4 is 0 Å². The second-order valence-electron chi connectivity index (χ2n) is 12.3. The van der Waals surface area contributed by atoms with E-state index in [1.807, 2.05) is 41.8 Å². The van der Waals surface area contributed by atoms with Crippen molar-refractivity contribution in [1.29, 1.82) is 0 Å². The highest BCUT2D eigenvalue weighted by Gasteiger charge is 2.12. The number of nitrogens with zero attached hydrogens (tertiary/aromatic N) is 12. The van der Waals surface area contributed by atoms with Gasteiger partial charge < -0.3 is 0 Å². The summed E-state index contributed by atoms with van der Waals surface area (Å²) < 4.78 is 0. The third-order valence-electron chi connectivity index (χ3n) is 8.31. The van der Waals surface area contributed by atoms with E-state index in [1.54, 1.807) is 19.2 Å². The van der Waals surface area contributed by atoms with Crippen LogP contribution >= 0.6 is 0 Å². The van der Waals surface area contributed by atoms with Crippen LogP contribution in [0.2, 0.25) is 0 Å². The number of aromatic nitrogens is 12. The largest absolute Gasteiger partial charge is 0.187 e. The van der Waals surface area contributed by atoms with Crippen molar-refractivity contribution < 1.29 is 0 Å². The van der Waals surface area contributed by atoms with Gasteiger partial charge in [0.15, 0.2) is 6.67 Å². The molecule has 0 saturated carbocycles. The summed E-state index contributed by atoms with van der Waals surface area (Å²) in [6, 6.07) is 16.6. The molecule has 0 atom stereocenters. The zero-order chi connectivity index (χ0) is 33.6. The van der Waals surface area contributed by atoms with Crippen LogP contribution in [0.5, 0.6) is 0 Å². The molecule has 12 heteroatoms. The van der Waals surface area contributed by atoms with Crippen molar-refractivity contribution >= 4 is 44.1 Å². The molecule has 240 valence electrons. The number of aryl methyl sites for hydroxylation is 10. The van der Waals surface area contributed by atoms with Crippen LogP contribution in [0.1, 0.15) is 44.5 Å². The minimum absolute atomic E-state index is 0.404. The summed E-state index contributed by atoms with van der Waals surface area (Å²) in [6.45, 7) is 16.8. The van der Waals surface area contributed by atoms with E-state index >= 15 is 0 Å². The fourth-order valence-corrected chi connectivity index (χ4v) is 5.51. The Morgan fingerprint density at radius 2 is 0.489 bits per heavy atom. The topological polar surface area (TPSA) is 123 Å². The van der Waals surface area contributed by atoms with Gasteiger partial charge in [-0.05, 0) is 99.9 Å². The molecule has 0 N–H and O–H groups in total. The molecule has 4 aromatic carbocycles. The average molecular weight is 629 g/mol. The molecule has 0 amide bonds. The lowest BCUT2D eigenvalue weighted by molar-refractivity contribution is 0.420. The third-order valence-corrected chi connectivity index (χ3v) is 8.31. The van der Waals surface area contributed by atoms with Gasteiger partial charge in [0.05, 0.1) is 0 Å². The van der Waals surface area contributed by atoms with Crippen LogP contribution in [-0.4, -0.2) is 60.0 Å². The van der Waals surface area contributed by atoms with Crippen LogP contribution in [0.3, 0.4) is 0 Å². The van der Waals surface area contributed by atoms with Gasteiger partial charge in [-0.25, -0.2) is 0 Å². The zero-order valence-electron chi connectivity index (χ0n) is 28.7. The van der Waals surface area contributed by atoms with Crippen molar-refractivity contribution in [1.82, 2.24) is 60.0 Å². The van der Waals surface area contributed by atoms with Crippen molar-refractivity contribution in [2.75, 3.05) is 0 Å². The molecule has 0 fully saturated rings. The smallest absolute Gasteiger partial charge is 0.172 e. The Morgan fingerprint density at radius 3 is 0.681 bits per heavy atom. The number of benzene rings is 4. The molecule has 4 heterocycles. The molecule has 0 aliphatic carbocycles. The van der Waals surface area contributed by atoms with E-state index in [1.165, 1.54) is 22.3 Å².